The topological polar surface area (TPSA) is 46.3 Å². The molecule has 1 fully saturated rings. The zero-order valence-corrected chi connectivity index (χ0v) is 12.4. The van der Waals surface area contributed by atoms with Crippen molar-refractivity contribution in [1.29, 1.82) is 0 Å². The predicted molar refractivity (Wildman–Crippen MR) is 85.2 cm³/mol. The number of anilines is 1. The van der Waals surface area contributed by atoms with Crippen molar-refractivity contribution >= 4 is 23.2 Å². The molecular formula is C17H17ClN2O. The van der Waals surface area contributed by atoms with Gasteiger partial charge in [-0.1, -0.05) is 35.9 Å². The van der Waals surface area contributed by atoms with Crippen molar-refractivity contribution in [3.63, 3.8) is 0 Å². The summed E-state index contributed by atoms with van der Waals surface area (Å²) in [6, 6.07) is 15.2. The minimum atomic E-state index is -0.0000694. The van der Waals surface area contributed by atoms with Crippen molar-refractivity contribution < 1.29 is 4.79 Å². The van der Waals surface area contributed by atoms with Crippen molar-refractivity contribution in [2.24, 2.45) is 0 Å². The van der Waals surface area contributed by atoms with Gasteiger partial charge in [0.2, 0.25) is 0 Å². The fraction of sp³-hybridized carbons (Fsp3) is 0.235. The Morgan fingerprint density at radius 3 is 2.43 bits per heavy atom. The van der Waals surface area contributed by atoms with E-state index in [1.165, 1.54) is 0 Å². The Balaban J connectivity index is 1.83. The summed E-state index contributed by atoms with van der Waals surface area (Å²) in [5, 5.41) is 0.505. The molecule has 4 heteroatoms. The van der Waals surface area contributed by atoms with Crippen molar-refractivity contribution in [3.8, 4) is 0 Å². The van der Waals surface area contributed by atoms with Crippen LogP contribution in [0.3, 0.4) is 0 Å². The highest BCUT2D eigenvalue weighted by Crippen LogP contribution is 2.31. The van der Waals surface area contributed by atoms with E-state index < -0.39 is 0 Å². The lowest BCUT2D eigenvalue weighted by Crippen LogP contribution is -2.32. The van der Waals surface area contributed by atoms with E-state index in [0.29, 0.717) is 23.2 Å². The van der Waals surface area contributed by atoms with Gasteiger partial charge in [0.25, 0.3) is 5.91 Å². The van der Waals surface area contributed by atoms with E-state index in [-0.39, 0.29) is 5.91 Å². The Morgan fingerprint density at radius 1 is 1.14 bits per heavy atom. The zero-order valence-electron chi connectivity index (χ0n) is 11.6. The summed E-state index contributed by atoms with van der Waals surface area (Å²) in [6.45, 7) is 0.592. The van der Waals surface area contributed by atoms with Gasteiger partial charge in [0.05, 0.1) is 10.6 Å². The van der Waals surface area contributed by atoms with Crippen LogP contribution < -0.4 is 5.73 Å². The third kappa shape index (κ3) is 3.19. The van der Waals surface area contributed by atoms with Crippen LogP contribution in [0.2, 0.25) is 5.02 Å². The van der Waals surface area contributed by atoms with E-state index in [4.69, 9.17) is 17.3 Å². The van der Waals surface area contributed by atoms with E-state index in [9.17, 15) is 4.79 Å². The van der Waals surface area contributed by atoms with Crippen molar-refractivity contribution in [3.05, 3.63) is 64.7 Å². The quantitative estimate of drug-likeness (QED) is 0.875. The van der Waals surface area contributed by atoms with Gasteiger partial charge in [-0.15, -0.1) is 0 Å². The van der Waals surface area contributed by atoms with Crippen LogP contribution in [0.25, 0.3) is 0 Å². The second-order valence-electron chi connectivity index (χ2n) is 5.39. The van der Waals surface area contributed by atoms with Crippen LogP contribution in [-0.2, 0) is 6.54 Å². The number of amides is 1. The molecule has 3 nitrogen and oxygen atoms in total. The molecule has 0 aromatic heterocycles. The lowest BCUT2D eigenvalue weighted by Gasteiger charge is -2.23. The molecule has 108 valence electrons. The zero-order chi connectivity index (χ0) is 14.8. The smallest absolute Gasteiger partial charge is 0.255 e. The molecule has 0 aliphatic heterocycles. The summed E-state index contributed by atoms with van der Waals surface area (Å²) in [7, 11) is 0. The standard InChI is InChI=1S/C17H17ClN2O/c18-16-4-2-1-3-15(16)17(21)20(14-9-10-14)11-12-5-7-13(19)8-6-12/h1-8,14H,9-11,19H2. The number of rotatable bonds is 4. The van der Waals surface area contributed by atoms with E-state index >= 15 is 0 Å². The molecule has 3 rings (SSSR count). The molecule has 1 saturated carbocycles. The van der Waals surface area contributed by atoms with Gasteiger partial charge >= 0.3 is 0 Å². The number of hydrogen-bond donors (Lipinski definition) is 1. The summed E-state index contributed by atoms with van der Waals surface area (Å²) < 4.78 is 0. The van der Waals surface area contributed by atoms with Crippen LogP contribution in [0.4, 0.5) is 5.69 Å². The van der Waals surface area contributed by atoms with Gasteiger partial charge in [-0.3, -0.25) is 4.79 Å². The number of carbonyl (C=O) groups is 1. The third-order valence-electron chi connectivity index (χ3n) is 3.69. The molecule has 0 radical (unpaired) electrons. The molecule has 0 atom stereocenters. The van der Waals surface area contributed by atoms with Crippen molar-refractivity contribution in [1.82, 2.24) is 4.90 Å². The Labute approximate surface area is 129 Å². The first-order valence-electron chi connectivity index (χ1n) is 7.05. The number of halogens is 1. The van der Waals surface area contributed by atoms with Crippen LogP contribution in [0.1, 0.15) is 28.8 Å². The lowest BCUT2D eigenvalue weighted by atomic mass is 10.1. The summed E-state index contributed by atoms with van der Waals surface area (Å²) in [4.78, 5) is 14.6. The Bertz CT molecular complexity index is 650. The average molecular weight is 301 g/mol. The van der Waals surface area contributed by atoms with Gasteiger partial charge in [0.15, 0.2) is 0 Å². The summed E-state index contributed by atoms with van der Waals surface area (Å²) in [5.41, 5.74) is 8.08. The molecule has 2 N–H and O–H groups in total. The fourth-order valence-corrected chi connectivity index (χ4v) is 2.58. The van der Waals surface area contributed by atoms with Gasteiger partial charge < -0.3 is 10.6 Å². The number of nitrogens with zero attached hydrogens (tertiary/aromatic N) is 1. The number of benzene rings is 2. The summed E-state index contributed by atoms with van der Waals surface area (Å²) >= 11 is 6.15. The van der Waals surface area contributed by atoms with Gasteiger partial charge in [-0.25, -0.2) is 0 Å². The van der Waals surface area contributed by atoms with Crippen LogP contribution in [-0.4, -0.2) is 16.8 Å². The maximum absolute atomic E-state index is 12.7. The SMILES string of the molecule is Nc1ccc(CN(C(=O)c2ccccc2Cl)C2CC2)cc1. The second kappa shape index (κ2) is 5.78. The maximum Gasteiger partial charge on any atom is 0.255 e. The molecule has 0 spiro atoms. The molecule has 2 aromatic rings. The van der Waals surface area contributed by atoms with Crippen molar-refractivity contribution in [2.75, 3.05) is 5.73 Å². The monoisotopic (exact) mass is 300 g/mol. The predicted octanol–water partition coefficient (Wildman–Crippen LogP) is 3.73. The van der Waals surface area contributed by atoms with Gasteiger partial charge in [0.1, 0.15) is 0 Å². The number of carbonyl (C=O) groups excluding carboxylic acids is 1. The van der Waals surface area contributed by atoms with Crippen LogP contribution in [0.15, 0.2) is 48.5 Å². The fourth-order valence-electron chi connectivity index (χ4n) is 2.36. The van der Waals surface area contributed by atoms with Gasteiger partial charge in [0, 0.05) is 18.3 Å². The van der Waals surface area contributed by atoms with E-state index in [1.54, 1.807) is 12.1 Å². The Morgan fingerprint density at radius 2 is 1.81 bits per heavy atom. The number of nitrogens with two attached hydrogens (primary N) is 1. The molecule has 2 aromatic carbocycles. The molecular weight excluding hydrogens is 284 g/mol. The molecule has 1 aliphatic rings. The first-order chi connectivity index (χ1) is 10.1. The molecule has 0 bridgehead atoms. The minimum Gasteiger partial charge on any atom is -0.399 e. The van der Waals surface area contributed by atoms with E-state index in [0.717, 1.165) is 24.1 Å². The summed E-state index contributed by atoms with van der Waals surface area (Å²) in [5.74, 6) is -0.0000694. The first kappa shape index (κ1) is 14.0. The second-order valence-corrected chi connectivity index (χ2v) is 5.79. The summed E-state index contributed by atoms with van der Waals surface area (Å²) in [6.07, 6.45) is 2.12. The molecule has 1 amide bonds. The first-order valence-corrected chi connectivity index (χ1v) is 7.43. The molecule has 0 heterocycles. The highest BCUT2D eigenvalue weighted by atomic mass is 35.5. The average Bonchev–Trinajstić information content (AvgIpc) is 3.31. The van der Waals surface area contributed by atoms with Crippen LogP contribution in [0, 0.1) is 0 Å². The van der Waals surface area contributed by atoms with E-state index in [1.807, 2.05) is 41.3 Å². The minimum absolute atomic E-state index is 0.0000694. The Hall–Kier alpha value is -2.00. The molecule has 0 unspecified atom stereocenters. The lowest BCUT2D eigenvalue weighted by molar-refractivity contribution is 0.0730. The Kier molecular flexibility index (Phi) is 3.84. The normalized spacial score (nSPS) is 14.0. The largest absolute Gasteiger partial charge is 0.399 e. The van der Waals surface area contributed by atoms with Crippen molar-refractivity contribution in [2.45, 2.75) is 25.4 Å². The molecule has 1 aliphatic carbocycles. The maximum atomic E-state index is 12.7. The highest BCUT2D eigenvalue weighted by Gasteiger charge is 2.33. The molecule has 21 heavy (non-hydrogen) atoms. The van der Waals surface area contributed by atoms with Gasteiger partial charge in [-0.2, -0.15) is 0 Å². The number of nitrogen functional groups attached to an aromatic ring is 1. The van der Waals surface area contributed by atoms with E-state index in [2.05, 4.69) is 0 Å². The highest BCUT2D eigenvalue weighted by molar-refractivity contribution is 6.33. The van der Waals surface area contributed by atoms with Crippen LogP contribution in [0.5, 0.6) is 0 Å². The van der Waals surface area contributed by atoms with Gasteiger partial charge in [-0.05, 0) is 42.7 Å². The van der Waals surface area contributed by atoms with Crippen LogP contribution >= 0.6 is 11.6 Å². The molecule has 0 saturated heterocycles. The number of hydrogen-bond acceptors (Lipinski definition) is 2. The third-order valence-corrected chi connectivity index (χ3v) is 4.01.